The Hall–Kier alpha value is -1.32. The first-order valence-electron chi connectivity index (χ1n) is 4.39. The summed E-state index contributed by atoms with van der Waals surface area (Å²) in [6.45, 7) is 6.12. The second-order valence-corrected chi connectivity index (χ2v) is 3.19. The molecule has 1 heterocycles. The Bertz CT molecular complexity index is 298. The van der Waals surface area contributed by atoms with Gasteiger partial charge in [0.1, 0.15) is 5.82 Å². The minimum Gasteiger partial charge on any atom is -0.329 e. The monoisotopic (exact) mass is 180 g/mol. The molecule has 0 atom stereocenters. The molecule has 0 radical (unpaired) electrons. The average molecular weight is 180 g/mol. The lowest BCUT2D eigenvalue weighted by atomic mass is 10.4. The summed E-state index contributed by atoms with van der Waals surface area (Å²) in [7, 11) is 1.76. The summed E-state index contributed by atoms with van der Waals surface area (Å²) in [6.07, 6.45) is 1.78. The normalized spacial score (nSPS) is 12.2. The second kappa shape index (κ2) is 4.07. The van der Waals surface area contributed by atoms with Gasteiger partial charge >= 0.3 is 0 Å². The lowest BCUT2D eigenvalue weighted by molar-refractivity contribution is 0.540. The highest BCUT2D eigenvalue weighted by atomic mass is 15.3. The third-order valence-electron chi connectivity index (χ3n) is 1.80. The second-order valence-electron chi connectivity index (χ2n) is 3.19. The van der Waals surface area contributed by atoms with Gasteiger partial charge in [-0.3, -0.25) is 4.99 Å². The van der Waals surface area contributed by atoms with Crippen molar-refractivity contribution in [1.29, 1.82) is 0 Å². The fraction of sp³-hybridized carbons (Fsp3) is 0.556. The summed E-state index contributed by atoms with van der Waals surface area (Å²) in [6, 6.07) is 2.30. The topological polar surface area (TPSA) is 42.2 Å². The quantitative estimate of drug-likeness (QED) is 0.558. The van der Waals surface area contributed by atoms with Gasteiger partial charge in [0.25, 0.3) is 0 Å². The van der Waals surface area contributed by atoms with Crippen molar-refractivity contribution >= 4 is 11.7 Å². The van der Waals surface area contributed by atoms with Crippen molar-refractivity contribution in [2.75, 3.05) is 12.4 Å². The molecule has 1 aromatic rings. The fourth-order valence-electron chi connectivity index (χ4n) is 1.07. The van der Waals surface area contributed by atoms with Crippen molar-refractivity contribution in [1.82, 2.24) is 9.78 Å². The zero-order chi connectivity index (χ0) is 9.84. The van der Waals surface area contributed by atoms with Gasteiger partial charge in [-0.05, 0) is 20.8 Å². The molecule has 0 aliphatic carbocycles. The maximum Gasteiger partial charge on any atom is 0.129 e. The van der Waals surface area contributed by atoms with Gasteiger partial charge in [0.15, 0.2) is 0 Å². The number of hydrogen-bond donors (Lipinski definition) is 1. The summed E-state index contributed by atoms with van der Waals surface area (Å²) >= 11 is 0. The highest BCUT2D eigenvalue weighted by Gasteiger charge is 2.04. The predicted octanol–water partition coefficient (Wildman–Crippen LogP) is 1.92. The molecule has 0 aliphatic rings. The molecule has 1 aromatic heterocycles. The van der Waals surface area contributed by atoms with E-state index in [-0.39, 0.29) is 0 Å². The first-order chi connectivity index (χ1) is 6.15. The fourth-order valence-corrected chi connectivity index (χ4v) is 1.07. The van der Waals surface area contributed by atoms with Crippen LogP contribution in [0.4, 0.5) is 5.82 Å². The molecule has 4 heteroatoms. The molecule has 0 saturated heterocycles. The van der Waals surface area contributed by atoms with Gasteiger partial charge in [-0.15, -0.1) is 0 Å². The number of amidine groups is 1. The van der Waals surface area contributed by atoms with Gasteiger partial charge in [0, 0.05) is 19.2 Å². The van der Waals surface area contributed by atoms with Crippen molar-refractivity contribution in [3.05, 3.63) is 12.3 Å². The summed E-state index contributed by atoms with van der Waals surface area (Å²) in [5.74, 6) is 1.88. The molecule has 0 amide bonds. The van der Waals surface area contributed by atoms with Crippen LogP contribution in [0.3, 0.4) is 0 Å². The van der Waals surface area contributed by atoms with E-state index in [1.807, 2.05) is 17.7 Å². The highest BCUT2D eigenvalue weighted by Crippen LogP contribution is 2.12. The Balaban J connectivity index is 2.82. The number of nitrogens with one attached hydrogen (secondary N) is 1. The molecule has 1 N–H and O–H groups in total. The van der Waals surface area contributed by atoms with Crippen LogP contribution in [0.1, 0.15) is 26.8 Å². The number of nitrogens with zero attached hydrogens (tertiary/aromatic N) is 3. The molecular formula is C9H16N4. The van der Waals surface area contributed by atoms with Crippen LogP contribution in [0.15, 0.2) is 17.3 Å². The molecule has 72 valence electrons. The van der Waals surface area contributed by atoms with E-state index in [1.165, 1.54) is 0 Å². The lowest BCUT2D eigenvalue weighted by Crippen LogP contribution is -2.13. The van der Waals surface area contributed by atoms with Crippen LogP contribution in [0.25, 0.3) is 0 Å². The van der Waals surface area contributed by atoms with E-state index in [0.29, 0.717) is 6.04 Å². The third-order valence-corrected chi connectivity index (χ3v) is 1.80. The molecule has 1 rings (SSSR count). The minimum absolute atomic E-state index is 0.363. The summed E-state index contributed by atoms with van der Waals surface area (Å²) in [5.41, 5.74) is 0. The van der Waals surface area contributed by atoms with Crippen molar-refractivity contribution in [3.8, 4) is 0 Å². The Morgan fingerprint density at radius 2 is 2.31 bits per heavy atom. The van der Waals surface area contributed by atoms with E-state index < -0.39 is 0 Å². The standard InChI is InChI=1S/C9H16N4/c1-7(2)13-9(5-6-11-13)12-8(3)10-4/h5-7H,1-4H3,(H,10,12). The van der Waals surface area contributed by atoms with Gasteiger partial charge < -0.3 is 5.32 Å². The van der Waals surface area contributed by atoms with E-state index in [2.05, 4.69) is 29.3 Å². The largest absolute Gasteiger partial charge is 0.329 e. The van der Waals surface area contributed by atoms with Crippen LogP contribution in [0, 0.1) is 0 Å². The van der Waals surface area contributed by atoms with Crippen molar-refractivity contribution in [2.24, 2.45) is 4.99 Å². The molecular weight excluding hydrogens is 164 g/mol. The van der Waals surface area contributed by atoms with Gasteiger partial charge in [0.2, 0.25) is 0 Å². The van der Waals surface area contributed by atoms with Crippen LogP contribution in [-0.4, -0.2) is 22.7 Å². The van der Waals surface area contributed by atoms with E-state index in [4.69, 9.17) is 0 Å². The molecule has 0 saturated carbocycles. The van der Waals surface area contributed by atoms with Crippen molar-refractivity contribution < 1.29 is 0 Å². The Morgan fingerprint density at radius 1 is 1.62 bits per heavy atom. The Kier molecular flexibility index (Phi) is 3.06. The SMILES string of the molecule is CN=C(C)Nc1ccnn1C(C)C. The average Bonchev–Trinajstić information content (AvgIpc) is 2.52. The zero-order valence-corrected chi connectivity index (χ0v) is 8.57. The lowest BCUT2D eigenvalue weighted by Gasteiger charge is -2.11. The predicted molar refractivity (Wildman–Crippen MR) is 55.3 cm³/mol. The number of aliphatic imine (C=N–C) groups is 1. The smallest absolute Gasteiger partial charge is 0.129 e. The van der Waals surface area contributed by atoms with Crippen LogP contribution >= 0.6 is 0 Å². The summed E-state index contributed by atoms with van der Waals surface area (Å²) < 4.78 is 1.93. The number of aromatic nitrogens is 2. The molecule has 13 heavy (non-hydrogen) atoms. The first-order valence-corrected chi connectivity index (χ1v) is 4.39. The molecule has 0 fully saturated rings. The van der Waals surface area contributed by atoms with Crippen LogP contribution < -0.4 is 5.32 Å². The maximum atomic E-state index is 4.20. The van der Waals surface area contributed by atoms with E-state index in [1.54, 1.807) is 13.2 Å². The van der Waals surface area contributed by atoms with E-state index in [0.717, 1.165) is 11.7 Å². The molecule has 0 aliphatic heterocycles. The maximum absolute atomic E-state index is 4.20. The van der Waals surface area contributed by atoms with Crippen LogP contribution in [0.5, 0.6) is 0 Å². The van der Waals surface area contributed by atoms with Crippen molar-refractivity contribution in [2.45, 2.75) is 26.8 Å². The van der Waals surface area contributed by atoms with Gasteiger partial charge in [0.05, 0.1) is 12.0 Å². The number of anilines is 1. The van der Waals surface area contributed by atoms with E-state index in [9.17, 15) is 0 Å². The van der Waals surface area contributed by atoms with Gasteiger partial charge in [-0.1, -0.05) is 0 Å². The Morgan fingerprint density at radius 3 is 2.85 bits per heavy atom. The summed E-state index contributed by atoms with van der Waals surface area (Å²) in [5, 5.41) is 7.37. The molecule has 0 spiro atoms. The molecule has 0 bridgehead atoms. The molecule has 0 aromatic carbocycles. The van der Waals surface area contributed by atoms with Gasteiger partial charge in [-0.25, -0.2) is 4.68 Å². The van der Waals surface area contributed by atoms with Crippen LogP contribution in [0.2, 0.25) is 0 Å². The van der Waals surface area contributed by atoms with Gasteiger partial charge in [-0.2, -0.15) is 5.10 Å². The van der Waals surface area contributed by atoms with Crippen LogP contribution in [-0.2, 0) is 0 Å². The number of rotatable bonds is 2. The highest BCUT2D eigenvalue weighted by molar-refractivity contribution is 5.92. The summed E-state index contributed by atoms with van der Waals surface area (Å²) in [4.78, 5) is 4.03. The minimum atomic E-state index is 0.363. The number of hydrogen-bond acceptors (Lipinski definition) is 2. The third kappa shape index (κ3) is 2.31. The van der Waals surface area contributed by atoms with E-state index >= 15 is 0 Å². The molecule has 0 unspecified atom stereocenters. The Labute approximate surface area is 78.7 Å². The van der Waals surface area contributed by atoms with Crippen molar-refractivity contribution in [3.63, 3.8) is 0 Å². The molecule has 4 nitrogen and oxygen atoms in total. The zero-order valence-electron chi connectivity index (χ0n) is 8.57. The first kappa shape index (κ1) is 9.77.